The van der Waals surface area contributed by atoms with Crippen LogP contribution in [0, 0.1) is 24.7 Å². The van der Waals surface area contributed by atoms with Crippen molar-refractivity contribution in [1.29, 1.82) is 0 Å². The summed E-state index contributed by atoms with van der Waals surface area (Å²) in [5.74, 6) is -1.83. The third kappa shape index (κ3) is 8.13. The summed E-state index contributed by atoms with van der Waals surface area (Å²) in [6.07, 6.45) is 5.24. The van der Waals surface area contributed by atoms with E-state index >= 15 is 0 Å². The highest BCUT2D eigenvalue weighted by Crippen LogP contribution is 2.32. The van der Waals surface area contributed by atoms with Gasteiger partial charge < -0.3 is 21.5 Å². The van der Waals surface area contributed by atoms with Crippen LogP contribution in [0.15, 0.2) is 60.8 Å². The number of carbonyl (C=O) groups excluding carboxylic acids is 3. The number of aromatic amines is 1. The van der Waals surface area contributed by atoms with Gasteiger partial charge in [0.05, 0.1) is 17.3 Å². The average Bonchev–Trinajstić information content (AvgIpc) is 3.52. The first-order chi connectivity index (χ1) is 22.5. The maximum atomic E-state index is 13.8. The van der Waals surface area contributed by atoms with Gasteiger partial charge in [0.2, 0.25) is 5.91 Å². The van der Waals surface area contributed by atoms with Gasteiger partial charge in [-0.15, -0.1) is 0 Å². The number of Topliss-reactive ketones (excluding diaryl/α,β-unsaturated/α-hetero) is 1. The fourth-order valence-electron chi connectivity index (χ4n) is 6.51. The van der Waals surface area contributed by atoms with Crippen LogP contribution < -0.4 is 16.4 Å². The summed E-state index contributed by atoms with van der Waals surface area (Å²) < 4.78 is 0. The number of amides is 2. The van der Waals surface area contributed by atoms with E-state index in [9.17, 15) is 24.3 Å². The number of carbonyl (C=O) groups is 4. The zero-order valence-electron chi connectivity index (χ0n) is 27.1. The Hall–Kier alpha value is -4.83. The number of anilines is 1. The number of rotatable bonds is 12. The number of aromatic nitrogens is 2. The summed E-state index contributed by atoms with van der Waals surface area (Å²) in [4.78, 5) is 51.7. The van der Waals surface area contributed by atoms with E-state index in [-0.39, 0.29) is 41.5 Å². The van der Waals surface area contributed by atoms with Gasteiger partial charge in [-0.3, -0.25) is 19.5 Å². The number of aromatic carboxylic acids is 1. The summed E-state index contributed by atoms with van der Waals surface area (Å²) in [6.45, 7) is 6.44. The summed E-state index contributed by atoms with van der Waals surface area (Å²) in [5.41, 5.74) is 11.1. The van der Waals surface area contributed by atoms with E-state index in [0.717, 1.165) is 47.9 Å². The maximum absolute atomic E-state index is 13.8. The molecule has 0 saturated heterocycles. The Morgan fingerprint density at radius 1 is 1.00 bits per heavy atom. The van der Waals surface area contributed by atoms with Gasteiger partial charge >= 0.3 is 5.97 Å². The molecule has 47 heavy (non-hydrogen) atoms. The summed E-state index contributed by atoms with van der Waals surface area (Å²) in [6, 6.07) is 16.6. The Labute approximate surface area is 274 Å². The molecule has 1 atom stereocenters. The highest BCUT2D eigenvalue weighted by Gasteiger charge is 2.30. The van der Waals surface area contributed by atoms with Crippen LogP contribution in [0.25, 0.3) is 22.0 Å². The summed E-state index contributed by atoms with van der Waals surface area (Å²) in [7, 11) is 0. The second-order valence-corrected chi connectivity index (χ2v) is 13.0. The number of fused-ring (bicyclic) bond motifs is 1. The predicted molar refractivity (Wildman–Crippen MR) is 182 cm³/mol. The third-order valence-corrected chi connectivity index (χ3v) is 9.17. The minimum Gasteiger partial charge on any atom is -0.478 e. The molecule has 1 aromatic heterocycles. The first kappa shape index (κ1) is 33.5. The Bertz CT molecular complexity index is 1770. The number of nitrogens with zero attached hydrogens (tertiary/aromatic N) is 1. The highest BCUT2D eigenvalue weighted by atomic mass is 16.4. The molecular formula is C37H43N5O5. The molecule has 6 N–H and O–H groups in total. The van der Waals surface area contributed by atoms with E-state index in [1.807, 2.05) is 63.2 Å². The average molecular weight is 638 g/mol. The lowest BCUT2D eigenvalue weighted by Crippen LogP contribution is -2.31. The molecule has 0 spiro atoms. The number of benzene rings is 3. The summed E-state index contributed by atoms with van der Waals surface area (Å²) >= 11 is 0. The Balaban J connectivity index is 1.35. The Morgan fingerprint density at radius 2 is 1.72 bits per heavy atom. The van der Waals surface area contributed by atoms with Gasteiger partial charge in [-0.25, -0.2) is 4.79 Å². The molecule has 0 aliphatic heterocycles. The maximum Gasteiger partial charge on any atom is 0.336 e. The molecule has 1 aliphatic carbocycles. The number of aryl methyl sites for hydroxylation is 1. The molecule has 1 aliphatic rings. The van der Waals surface area contributed by atoms with Crippen LogP contribution in [0.2, 0.25) is 0 Å². The zero-order valence-corrected chi connectivity index (χ0v) is 27.1. The topological polar surface area (TPSA) is 167 Å². The van der Waals surface area contributed by atoms with E-state index < -0.39 is 11.9 Å². The fraction of sp³-hybridized carbons (Fsp3) is 0.378. The van der Waals surface area contributed by atoms with Crippen LogP contribution in [0.1, 0.15) is 77.8 Å². The van der Waals surface area contributed by atoms with Gasteiger partial charge in [-0.1, -0.05) is 30.3 Å². The number of carboxylic acid groups (broad SMARTS) is 1. The number of nitrogens with two attached hydrogens (primary N) is 1. The molecule has 0 bridgehead atoms. The van der Waals surface area contributed by atoms with Gasteiger partial charge in [-0.05, 0) is 112 Å². The van der Waals surface area contributed by atoms with Crippen molar-refractivity contribution in [2.24, 2.45) is 23.5 Å². The second-order valence-electron chi connectivity index (χ2n) is 13.0. The minimum absolute atomic E-state index is 0.0234. The Morgan fingerprint density at radius 3 is 2.36 bits per heavy atom. The number of hydrogen-bond donors (Lipinski definition) is 5. The second kappa shape index (κ2) is 14.7. The smallest absolute Gasteiger partial charge is 0.336 e. The molecule has 5 rings (SSSR count). The number of ketones is 1. The molecule has 1 fully saturated rings. The molecule has 2 amide bonds. The molecule has 3 aromatic carbocycles. The van der Waals surface area contributed by atoms with Gasteiger partial charge in [0.25, 0.3) is 5.91 Å². The van der Waals surface area contributed by atoms with Gasteiger partial charge in [0.15, 0.2) is 0 Å². The summed E-state index contributed by atoms with van der Waals surface area (Å²) in [5, 5.41) is 22.7. The number of nitrogens with one attached hydrogen (secondary N) is 3. The first-order valence-corrected chi connectivity index (χ1v) is 16.3. The lowest BCUT2D eigenvalue weighted by atomic mass is 9.77. The number of H-pyrrole nitrogens is 1. The molecule has 1 saturated carbocycles. The third-order valence-electron chi connectivity index (χ3n) is 9.17. The molecule has 1 heterocycles. The van der Waals surface area contributed by atoms with Crippen molar-refractivity contribution in [3.8, 4) is 11.1 Å². The van der Waals surface area contributed by atoms with Crippen LogP contribution in [0.4, 0.5) is 5.69 Å². The SMILES string of the molecule is Cc1cc(C(=O)NC(C)C)ccc1-c1ccc(C[C@H](CC(=O)C2CCC(CN)CC2)C(=O)Nc2cc(C(=O)O)c3cn[nH]c3c2)cc1. The van der Waals surface area contributed by atoms with Crippen molar-refractivity contribution in [2.75, 3.05) is 11.9 Å². The van der Waals surface area contributed by atoms with Crippen molar-refractivity contribution >= 4 is 40.2 Å². The quantitative estimate of drug-likeness (QED) is 0.129. The van der Waals surface area contributed by atoms with Crippen molar-refractivity contribution in [3.63, 3.8) is 0 Å². The number of carboxylic acids is 1. The number of hydrogen-bond acceptors (Lipinski definition) is 6. The Kier molecular flexibility index (Phi) is 10.5. The predicted octanol–water partition coefficient (Wildman–Crippen LogP) is 5.90. The van der Waals surface area contributed by atoms with E-state index in [1.165, 1.54) is 12.3 Å². The van der Waals surface area contributed by atoms with Crippen molar-refractivity contribution in [1.82, 2.24) is 15.5 Å². The minimum atomic E-state index is -1.13. The zero-order chi connectivity index (χ0) is 33.7. The fourth-order valence-corrected chi connectivity index (χ4v) is 6.51. The van der Waals surface area contributed by atoms with Crippen LogP contribution >= 0.6 is 0 Å². The molecule has 0 radical (unpaired) electrons. The van der Waals surface area contributed by atoms with Gasteiger partial charge in [-0.2, -0.15) is 5.10 Å². The lowest BCUT2D eigenvalue weighted by Gasteiger charge is -2.27. The van der Waals surface area contributed by atoms with Crippen LogP contribution in [-0.4, -0.2) is 51.5 Å². The van der Waals surface area contributed by atoms with Gasteiger partial charge in [0.1, 0.15) is 5.78 Å². The van der Waals surface area contributed by atoms with E-state index in [4.69, 9.17) is 5.73 Å². The van der Waals surface area contributed by atoms with E-state index in [2.05, 4.69) is 20.8 Å². The molecular weight excluding hydrogens is 594 g/mol. The van der Waals surface area contributed by atoms with E-state index in [1.54, 1.807) is 6.07 Å². The monoisotopic (exact) mass is 637 g/mol. The van der Waals surface area contributed by atoms with Crippen LogP contribution in [-0.2, 0) is 16.0 Å². The molecule has 0 unspecified atom stereocenters. The normalized spacial score (nSPS) is 17.0. The van der Waals surface area contributed by atoms with Crippen LogP contribution in [0.3, 0.4) is 0 Å². The highest BCUT2D eigenvalue weighted by molar-refractivity contribution is 6.06. The molecule has 4 aromatic rings. The molecule has 10 nitrogen and oxygen atoms in total. The van der Waals surface area contributed by atoms with Crippen molar-refractivity contribution in [2.45, 2.75) is 65.3 Å². The molecule has 10 heteroatoms. The van der Waals surface area contributed by atoms with Crippen molar-refractivity contribution < 1.29 is 24.3 Å². The van der Waals surface area contributed by atoms with Crippen LogP contribution in [0.5, 0.6) is 0 Å². The van der Waals surface area contributed by atoms with Gasteiger partial charge in [0, 0.05) is 40.9 Å². The van der Waals surface area contributed by atoms with Crippen molar-refractivity contribution in [3.05, 3.63) is 83.0 Å². The largest absolute Gasteiger partial charge is 0.478 e. The molecule has 246 valence electrons. The standard InChI is InChI=1S/C37H43N5O5/c1-21(2)40-35(44)27-12-13-30(22(3)14-27)25-8-4-23(5-9-25)15-28(16-34(43)26-10-6-24(19-38)7-11-26)36(45)41-29-17-31(37(46)47)32-20-39-42-33(32)18-29/h4-5,8-9,12-14,17-18,20-21,24,26,28H,6-7,10-11,15-16,19,38H2,1-3H3,(H,39,42)(H,40,44)(H,41,45)(H,46,47)/t24?,26?,28-/m1/s1. The first-order valence-electron chi connectivity index (χ1n) is 16.3. The lowest BCUT2D eigenvalue weighted by molar-refractivity contribution is -0.129. The van der Waals surface area contributed by atoms with E-state index in [0.29, 0.717) is 41.0 Å².